The minimum atomic E-state index is 0.0284. The molecule has 0 aliphatic heterocycles. The molecule has 7 nitrogen and oxygen atoms in total. The molecule has 0 amide bonds. The molecule has 0 saturated carbocycles. The fourth-order valence-electron chi connectivity index (χ4n) is 11.3. The van der Waals surface area contributed by atoms with Gasteiger partial charge in [-0.3, -0.25) is 0 Å². The van der Waals surface area contributed by atoms with E-state index in [1.165, 1.54) is 67.1 Å². The molecule has 0 radical (unpaired) electrons. The Morgan fingerprint density at radius 1 is 0.357 bits per heavy atom. The van der Waals surface area contributed by atoms with Crippen molar-refractivity contribution in [3.8, 4) is 0 Å². The van der Waals surface area contributed by atoms with E-state index < -0.39 is 0 Å². The predicted octanol–water partition coefficient (Wildman–Crippen LogP) is 21.2. The number of nitrogens with zero attached hydrogens (tertiary/aromatic N) is 7. The van der Waals surface area contributed by atoms with Crippen molar-refractivity contribution in [2.45, 2.75) is 315 Å². The largest absolute Gasteiger partial charge is 0.339 e. The summed E-state index contributed by atoms with van der Waals surface area (Å²) in [6.45, 7) is 81.6. The molecule has 0 aliphatic carbocycles. The molecule has 6 aromatic heterocycles. The van der Waals surface area contributed by atoms with Crippen molar-refractivity contribution < 1.29 is 4.57 Å². The SMILES string of the molecule is CC(C)(C)c1ccc2c(c1)cc(C(C)(C)C)n2C(C)(C)C.CC(C)(C)c1ccc2c(c1)nc(C(C)(C)C)n2C(C)(C)C.CC(C)(C)c1ccn2c(C(C)(C)C)[n+](C(C)(C)C)cc2c1.CC(C)(C)c1ccn2c(C(C)(C)C)c(C(C)(C)C)nc2c1. The van der Waals surface area contributed by atoms with Gasteiger partial charge in [0.15, 0.2) is 5.52 Å². The van der Waals surface area contributed by atoms with Crippen LogP contribution in [0.3, 0.4) is 0 Å². The molecule has 8 aromatic rings. The molecule has 0 N–H and O–H groups in total. The van der Waals surface area contributed by atoms with Crippen LogP contribution < -0.4 is 4.57 Å². The molecular formula is C77H122N7+. The smallest absolute Gasteiger partial charge is 0.267 e. The highest BCUT2D eigenvalue weighted by Crippen LogP contribution is 2.39. The monoisotopic (exact) mass is 1140 g/mol. The highest BCUT2D eigenvalue weighted by molar-refractivity contribution is 5.83. The van der Waals surface area contributed by atoms with Gasteiger partial charge < -0.3 is 13.5 Å². The predicted molar refractivity (Wildman–Crippen MR) is 368 cm³/mol. The van der Waals surface area contributed by atoms with Gasteiger partial charge in [-0.25, -0.2) is 14.5 Å². The Balaban J connectivity index is 0.000000205. The maximum absolute atomic E-state index is 4.99. The fraction of sp³-hybridized carbons (Fsp3) is 0.623. The van der Waals surface area contributed by atoms with Crippen LogP contribution in [0.25, 0.3) is 33.1 Å². The Bertz CT molecular complexity index is 3100. The highest BCUT2D eigenvalue weighted by Gasteiger charge is 2.37. The maximum Gasteiger partial charge on any atom is 0.267 e. The summed E-state index contributed by atoms with van der Waals surface area (Å²) in [4.78, 5) is 9.98. The molecule has 7 heteroatoms. The number of hydrogen-bond donors (Lipinski definition) is 0. The van der Waals surface area contributed by atoms with E-state index in [1.54, 1.807) is 0 Å². The summed E-state index contributed by atoms with van der Waals surface area (Å²) in [6, 6.07) is 25.2. The molecule has 8 rings (SSSR count). The van der Waals surface area contributed by atoms with Gasteiger partial charge in [0, 0.05) is 55.5 Å². The van der Waals surface area contributed by atoms with Crippen LogP contribution in [0.4, 0.5) is 0 Å². The van der Waals surface area contributed by atoms with Crippen molar-refractivity contribution in [1.82, 2.24) is 27.9 Å². The molecule has 0 bridgehead atoms. The molecule has 2 aromatic carbocycles. The van der Waals surface area contributed by atoms with Gasteiger partial charge in [-0.1, -0.05) is 178 Å². The average molecular weight is 1150 g/mol. The number of aromatic nitrogens is 7. The molecule has 0 atom stereocenters. The molecule has 6 heterocycles. The van der Waals surface area contributed by atoms with Gasteiger partial charge in [-0.2, -0.15) is 4.40 Å². The standard InChI is InChI=1S/C20H31N.C19H31N2.2C19H30N2/c1-18(2,3)15-10-11-16-14(12-15)13-17(19(4,5)6)21(16)20(7,8)9;1-17(2,3)14-10-11-20-15(12-14)13-21(19(7,8)9)16(20)18(4,5)6;1-17(2,3)13-10-11-21-14(12-13)20-15(18(4,5)6)16(21)19(7,8)9;1-17(2,3)13-10-11-15-14(12-13)20-16(18(4,5)6)21(15)19(7,8)9/h2*10-13H,1-9H3;2*10-12H,1-9H3/q;+1;;. The summed E-state index contributed by atoms with van der Waals surface area (Å²) in [7, 11) is 0. The topological polar surface area (TPSA) is 48.3 Å². The van der Waals surface area contributed by atoms with Crippen LogP contribution >= 0.6 is 0 Å². The summed E-state index contributed by atoms with van der Waals surface area (Å²) in [5.74, 6) is 2.52. The number of imidazole rings is 3. The molecule has 464 valence electrons. The second-order valence-corrected chi connectivity index (χ2v) is 36.9. The summed E-state index contributed by atoms with van der Waals surface area (Å²) < 4.78 is 12.0. The van der Waals surface area contributed by atoms with Crippen LogP contribution in [-0.2, 0) is 65.4 Å². The second kappa shape index (κ2) is 22.5. The Kier molecular flexibility index (Phi) is 18.7. The lowest BCUT2D eigenvalue weighted by atomic mass is 9.82. The Hall–Kier alpha value is -5.17. The number of benzene rings is 2. The Morgan fingerprint density at radius 2 is 0.798 bits per heavy atom. The van der Waals surface area contributed by atoms with Crippen LogP contribution in [0.1, 0.15) is 300 Å². The van der Waals surface area contributed by atoms with Crippen molar-refractivity contribution in [2.75, 3.05) is 0 Å². The highest BCUT2D eigenvalue weighted by atomic mass is 15.2. The minimum absolute atomic E-state index is 0.0284. The molecule has 84 heavy (non-hydrogen) atoms. The molecule has 0 spiro atoms. The van der Waals surface area contributed by atoms with E-state index in [4.69, 9.17) is 9.97 Å². The first kappa shape index (κ1) is 69.6. The van der Waals surface area contributed by atoms with Crippen molar-refractivity contribution in [3.05, 3.63) is 136 Å². The second-order valence-electron chi connectivity index (χ2n) is 36.9. The zero-order valence-electron chi connectivity index (χ0n) is 60.7. The first-order valence-corrected chi connectivity index (χ1v) is 31.6. The zero-order chi connectivity index (χ0) is 64.9. The normalized spacial score (nSPS) is 14.0. The van der Waals surface area contributed by atoms with Gasteiger partial charge in [-0.05, 0) is 182 Å². The number of fused-ring (bicyclic) bond motifs is 4. The van der Waals surface area contributed by atoms with Gasteiger partial charge in [0.05, 0.1) is 34.0 Å². The minimum Gasteiger partial charge on any atom is -0.339 e. The van der Waals surface area contributed by atoms with Gasteiger partial charge in [0.1, 0.15) is 23.2 Å². The summed E-state index contributed by atoms with van der Waals surface area (Å²) in [5, 5.41) is 1.36. The van der Waals surface area contributed by atoms with E-state index >= 15 is 0 Å². The van der Waals surface area contributed by atoms with Crippen LogP contribution in [0.15, 0.2) is 85.3 Å². The zero-order valence-corrected chi connectivity index (χ0v) is 60.7. The molecule has 0 fully saturated rings. The van der Waals surface area contributed by atoms with Gasteiger partial charge in [0.2, 0.25) is 0 Å². The third-order valence-corrected chi connectivity index (χ3v) is 15.8. The van der Waals surface area contributed by atoms with Crippen molar-refractivity contribution >= 4 is 33.1 Å². The van der Waals surface area contributed by atoms with E-state index in [0.717, 1.165) is 17.0 Å². The third-order valence-electron chi connectivity index (χ3n) is 15.8. The van der Waals surface area contributed by atoms with Crippen LogP contribution in [0.5, 0.6) is 0 Å². The van der Waals surface area contributed by atoms with E-state index in [0.29, 0.717) is 0 Å². The van der Waals surface area contributed by atoms with Gasteiger partial charge >= 0.3 is 0 Å². The van der Waals surface area contributed by atoms with Crippen LogP contribution in [-0.4, -0.2) is 27.9 Å². The number of pyridine rings is 2. The molecular weight excluding hydrogens is 1020 g/mol. The summed E-state index contributed by atoms with van der Waals surface area (Å²) >= 11 is 0. The van der Waals surface area contributed by atoms with Gasteiger partial charge in [-0.15, -0.1) is 0 Å². The van der Waals surface area contributed by atoms with Crippen LogP contribution in [0, 0.1) is 0 Å². The Labute approximate surface area is 513 Å². The van der Waals surface area contributed by atoms with Crippen molar-refractivity contribution in [3.63, 3.8) is 0 Å². The quantitative estimate of drug-likeness (QED) is 0.142. The van der Waals surface area contributed by atoms with E-state index in [1.807, 2.05) is 0 Å². The first-order chi connectivity index (χ1) is 37.3. The summed E-state index contributed by atoms with van der Waals surface area (Å²) in [6.07, 6.45) is 6.73. The number of rotatable bonds is 0. The van der Waals surface area contributed by atoms with Gasteiger partial charge in [0.25, 0.3) is 5.82 Å². The molecule has 0 aliphatic rings. The Morgan fingerprint density at radius 3 is 1.20 bits per heavy atom. The van der Waals surface area contributed by atoms with E-state index in [-0.39, 0.29) is 65.4 Å². The molecule has 0 unspecified atom stereocenters. The lowest BCUT2D eigenvalue weighted by Gasteiger charge is -2.31. The lowest BCUT2D eigenvalue weighted by Crippen LogP contribution is -2.54. The molecule has 0 saturated heterocycles. The number of hydrogen-bond acceptors (Lipinski definition) is 2. The average Bonchev–Trinajstić information content (AvgIpc) is 2.11. The first-order valence-electron chi connectivity index (χ1n) is 31.6. The summed E-state index contributed by atoms with van der Waals surface area (Å²) in [5.41, 5.74) is 16.7. The third kappa shape index (κ3) is 15.9. The van der Waals surface area contributed by atoms with E-state index in [2.05, 4.69) is 357 Å². The lowest BCUT2D eigenvalue weighted by molar-refractivity contribution is -0.761. The van der Waals surface area contributed by atoms with Crippen molar-refractivity contribution in [1.29, 1.82) is 0 Å². The van der Waals surface area contributed by atoms with Crippen LogP contribution in [0.2, 0.25) is 0 Å². The maximum atomic E-state index is 4.99. The van der Waals surface area contributed by atoms with E-state index in [9.17, 15) is 0 Å². The van der Waals surface area contributed by atoms with Crippen molar-refractivity contribution in [2.24, 2.45) is 0 Å². The fourth-order valence-corrected chi connectivity index (χ4v) is 11.3.